The number of hydrogen-bond acceptors (Lipinski definition) is 4. The van der Waals surface area contributed by atoms with Gasteiger partial charge in [-0.3, -0.25) is 4.79 Å². The largest absolute Gasteiger partial charge is 0.330 e. The molecule has 1 aromatic carbocycles. The van der Waals surface area contributed by atoms with Crippen molar-refractivity contribution in [3.8, 4) is 10.6 Å². The first-order chi connectivity index (χ1) is 11.7. The van der Waals surface area contributed by atoms with Crippen LogP contribution in [0.5, 0.6) is 0 Å². The Bertz CT molecular complexity index is 856. The second kappa shape index (κ2) is 6.45. The summed E-state index contributed by atoms with van der Waals surface area (Å²) in [5.74, 6) is -0.383. The third-order valence-electron chi connectivity index (χ3n) is 4.04. The molecule has 24 heavy (non-hydrogen) atoms. The molecule has 1 aliphatic rings. The Hall–Kier alpha value is -2.05. The van der Waals surface area contributed by atoms with E-state index < -0.39 is 0 Å². The second-order valence-corrected chi connectivity index (χ2v) is 7.44. The van der Waals surface area contributed by atoms with Crippen molar-refractivity contribution in [3.63, 3.8) is 0 Å². The molecule has 1 aliphatic carbocycles. The van der Waals surface area contributed by atoms with Gasteiger partial charge in [0.2, 0.25) is 0 Å². The molecule has 0 aliphatic heterocycles. The lowest BCUT2D eigenvalue weighted by molar-refractivity contribution is 0.0723. The van der Waals surface area contributed by atoms with Crippen LogP contribution in [0.3, 0.4) is 0 Å². The third-order valence-corrected chi connectivity index (χ3v) is 5.61. The number of carbonyl (C=O) groups excluding carboxylic acids is 1. The summed E-state index contributed by atoms with van der Waals surface area (Å²) in [6.07, 6.45) is 1.95. The van der Waals surface area contributed by atoms with Gasteiger partial charge in [0.1, 0.15) is 16.5 Å². The van der Waals surface area contributed by atoms with Gasteiger partial charge < -0.3 is 4.90 Å². The number of thiazole rings is 1. The zero-order valence-electron chi connectivity index (χ0n) is 12.8. The fourth-order valence-corrected chi connectivity index (χ4v) is 4.11. The number of halogens is 1. The zero-order chi connectivity index (χ0) is 16.5. The van der Waals surface area contributed by atoms with Crippen molar-refractivity contribution in [3.05, 3.63) is 63.5 Å². The van der Waals surface area contributed by atoms with Crippen molar-refractivity contribution >= 4 is 28.6 Å². The van der Waals surface area contributed by atoms with E-state index in [2.05, 4.69) is 4.98 Å². The van der Waals surface area contributed by atoms with Crippen LogP contribution in [0.15, 0.2) is 46.5 Å². The Balaban J connectivity index is 1.58. The summed E-state index contributed by atoms with van der Waals surface area (Å²) in [7, 11) is 0. The highest BCUT2D eigenvalue weighted by Crippen LogP contribution is 2.32. The minimum absolute atomic E-state index is 0.113. The number of nitrogens with zero attached hydrogens (tertiary/aromatic N) is 2. The van der Waals surface area contributed by atoms with Crippen LogP contribution in [0.4, 0.5) is 4.39 Å². The minimum Gasteiger partial charge on any atom is -0.330 e. The van der Waals surface area contributed by atoms with Crippen molar-refractivity contribution in [2.75, 3.05) is 0 Å². The summed E-state index contributed by atoms with van der Waals surface area (Å²) in [4.78, 5) is 19.1. The normalized spacial score (nSPS) is 13.9. The molecule has 4 rings (SSSR count). The highest BCUT2D eigenvalue weighted by atomic mass is 32.1. The Labute approximate surface area is 147 Å². The molecule has 0 saturated heterocycles. The summed E-state index contributed by atoms with van der Waals surface area (Å²) in [5, 5.41) is 6.66. The number of benzene rings is 1. The van der Waals surface area contributed by atoms with E-state index in [1.807, 2.05) is 16.8 Å². The number of carbonyl (C=O) groups is 1. The maximum atomic E-state index is 13.9. The molecule has 1 fully saturated rings. The van der Waals surface area contributed by atoms with Crippen molar-refractivity contribution in [2.24, 2.45) is 0 Å². The first kappa shape index (κ1) is 15.5. The average Bonchev–Trinajstić information content (AvgIpc) is 3.09. The molecule has 0 atom stereocenters. The molecule has 0 radical (unpaired) electrons. The van der Waals surface area contributed by atoms with Crippen LogP contribution in [0.2, 0.25) is 0 Å². The summed E-state index contributed by atoms with van der Waals surface area (Å²) < 4.78 is 13.9. The van der Waals surface area contributed by atoms with Gasteiger partial charge >= 0.3 is 0 Å². The monoisotopic (exact) mass is 358 g/mol. The highest BCUT2D eigenvalue weighted by Gasteiger charge is 2.34. The third kappa shape index (κ3) is 3.12. The lowest BCUT2D eigenvalue weighted by atomic mass is 10.2. The SMILES string of the molecule is O=C(c1csc(-c2ccsc2)n1)N(Cc1ccccc1F)C1CC1. The standard InChI is InChI=1S/C18H15FN2OS2/c19-15-4-2-1-3-12(15)9-21(14-5-6-14)18(22)16-11-24-17(20-16)13-7-8-23-10-13/h1-4,7-8,10-11,14H,5-6,9H2. The number of rotatable bonds is 5. The predicted molar refractivity (Wildman–Crippen MR) is 94.7 cm³/mol. The van der Waals surface area contributed by atoms with Gasteiger partial charge in [-0.25, -0.2) is 9.37 Å². The van der Waals surface area contributed by atoms with Crippen molar-refractivity contribution in [2.45, 2.75) is 25.4 Å². The Kier molecular flexibility index (Phi) is 4.16. The Morgan fingerprint density at radius 3 is 2.79 bits per heavy atom. The van der Waals surface area contributed by atoms with E-state index >= 15 is 0 Å². The van der Waals surface area contributed by atoms with Crippen LogP contribution in [0.25, 0.3) is 10.6 Å². The first-order valence-electron chi connectivity index (χ1n) is 7.75. The van der Waals surface area contributed by atoms with Crippen LogP contribution in [-0.4, -0.2) is 21.8 Å². The van der Waals surface area contributed by atoms with E-state index in [0.717, 1.165) is 23.4 Å². The van der Waals surface area contributed by atoms with Gasteiger partial charge in [0.15, 0.2) is 0 Å². The summed E-state index contributed by atoms with van der Waals surface area (Å²) in [5.41, 5.74) is 2.03. The van der Waals surface area contributed by atoms with Gasteiger partial charge in [0.25, 0.3) is 5.91 Å². The quantitative estimate of drug-likeness (QED) is 0.655. The van der Waals surface area contributed by atoms with Gasteiger partial charge in [-0.1, -0.05) is 18.2 Å². The highest BCUT2D eigenvalue weighted by molar-refractivity contribution is 7.14. The second-order valence-electron chi connectivity index (χ2n) is 5.81. The smallest absolute Gasteiger partial charge is 0.273 e. The molecule has 3 nitrogen and oxygen atoms in total. The number of aromatic nitrogens is 1. The average molecular weight is 358 g/mol. The predicted octanol–water partition coefficient (Wildman–Crippen LogP) is 4.82. The lowest BCUT2D eigenvalue weighted by Gasteiger charge is -2.21. The maximum Gasteiger partial charge on any atom is 0.273 e. The van der Waals surface area contributed by atoms with Crippen LogP contribution >= 0.6 is 22.7 Å². The van der Waals surface area contributed by atoms with E-state index in [4.69, 9.17) is 0 Å². The van der Waals surface area contributed by atoms with Gasteiger partial charge in [0.05, 0.1) is 0 Å². The van der Waals surface area contributed by atoms with E-state index in [-0.39, 0.29) is 17.8 Å². The number of hydrogen-bond donors (Lipinski definition) is 0. The van der Waals surface area contributed by atoms with Crippen molar-refractivity contribution < 1.29 is 9.18 Å². The number of amides is 1. The zero-order valence-corrected chi connectivity index (χ0v) is 14.4. The van der Waals surface area contributed by atoms with Crippen LogP contribution in [0.1, 0.15) is 28.9 Å². The number of thiophene rings is 1. The van der Waals surface area contributed by atoms with Gasteiger partial charge in [0, 0.05) is 34.5 Å². The Morgan fingerprint density at radius 1 is 1.25 bits per heavy atom. The molecule has 6 heteroatoms. The molecule has 0 bridgehead atoms. The molecular formula is C18H15FN2OS2. The van der Waals surface area contributed by atoms with E-state index in [0.29, 0.717) is 17.8 Å². The van der Waals surface area contributed by atoms with Gasteiger partial charge in [-0.05, 0) is 30.4 Å². The van der Waals surface area contributed by atoms with Gasteiger partial charge in [-0.2, -0.15) is 11.3 Å². The van der Waals surface area contributed by atoms with E-state index in [9.17, 15) is 9.18 Å². The van der Waals surface area contributed by atoms with Crippen LogP contribution < -0.4 is 0 Å². The molecule has 0 N–H and O–H groups in total. The molecule has 3 aromatic rings. The fourth-order valence-electron chi connectivity index (χ4n) is 2.60. The minimum atomic E-state index is -0.270. The van der Waals surface area contributed by atoms with Crippen molar-refractivity contribution in [1.82, 2.24) is 9.88 Å². The summed E-state index contributed by atoms with van der Waals surface area (Å²) in [6, 6.07) is 8.82. The molecular weight excluding hydrogens is 343 g/mol. The van der Waals surface area contributed by atoms with Gasteiger partial charge in [-0.15, -0.1) is 11.3 Å². The summed E-state index contributed by atoms with van der Waals surface area (Å²) in [6.45, 7) is 0.293. The van der Waals surface area contributed by atoms with Crippen LogP contribution in [0, 0.1) is 5.82 Å². The molecule has 1 amide bonds. The maximum absolute atomic E-state index is 13.9. The van der Waals surface area contributed by atoms with E-state index in [1.54, 1.807) is 39.8 Å². The van der Waals surface area contributed by atoms with E-state index in [1.165, 1.54) is 17.4 Å². The first-order valence-corrected chi connectivity index (χ1v) is 9.57. The lowest BCUT2D eigenvalue weighted by Crippen LogP contribution is -2.33. The van der Waals surface area contributed by atoms with Crippen molar-refractivity contribution in [1.29, 1.82) is 0 Å². The molecule has 0 spiro atoms. The topological polar surface area (TPSA) is 33.2 Å². The van der Waals surface area contributed by atoms with Crippen LogP contribution in [-0.2, 0) is 6.54 Å². The molecule has 122 valence electrons. The molecule has 2 heterocycles. The summed E-state index contributed by atoms with van der Waals surface area (Å²) >= 11 is 3.07. The fraction of sp³-hybridized carbons (Fsp3) is 0.222. The molecule has 0 unspecified atom stereocenters. The Morgan fingerprint density at radius 2 is 2.08 bits per heavy atom. The molecule has 1 saturated carbocycles. The molecule has 2 aromatic heterocycles.